The number of carbonyl (C=O) groups excluding carboxylic acids is 1. The van der Waals surface area contributed by atoms with Crippen molar-refractivity contribution in [3.63, 3.8) is 0 Å². The van der Waals surface area contributed by atoms with Crippen LogP contribution in [0, 0.1) is 6.92 Å². The second kappa shape index (κ2) is 10.5. The average Bonchev–Trinajstić information content (AvgIpc) is 2.55. The number of carbonyl (C=O) groups is 1. The van der Waals surface area contributed by atoms with Crippen LogP contribution < -0.4 is 15.4 Å². The van der Waals surface area contributed by atoms with E-state index >= 15 is 0 Å². The van der Waals surface area contributed by atoms with E-state index in [1.54, 1.807) is 21.1 Å². The lowest BCUT2D eigenvalue weighted by molar-refractivity contribution is -0.143. The Balaban J connectivity index is 2.38. The van der Waals surface area contributed by atoms with Gasteiger partial charge >= 0.3 is 5.97 Å². The van der Waals surface area contributed by atoms with Gasteiger partial charge in [-0.25, -0.2) is 0 Å². The third kappa shape index (κ3) is 7.04. The van der Waals surface area contributed by atoms with Gasteiger partial charge in [0.2, 0.25) is 0 Å². The molecule has 6 nitrogen and oxygen atoms in total. The van der Waals surface area contributed by atoms with Crippen LogP contribution in [0.3, 0.4) is 0 Å². The Labute approximate surface area is 138 Å². The molecule has 0 fully saturated rings. The summed E-state index contributed by atoms with van der Waals surface area (Å²) in [6.45, 7) is 5.53. The first-order valence-corrected chi connectivity index (χ1v) is 7.84. The Hall–Kier alpha value is -2.24. The SMILES string of the molecule is CCOC(=O)CCCNC(=NC)NCc1ccc(C)cc1OC. The maximum absolute atomic E-state index is 11.3. The molecule has 0 aliphatic rings. The molecule has 0 saturated carbocycles. The molecule has 6 heteroatoms. The number of methoxy groups -OCH3 is 1. The predicted molar refractivity (Wildman–Crippen MR) is 91.8 cm³/mol. The number of esters is 1. The molecule has 1 aromatic carbocycles. The largest absolute Gasteiger partial charge is 0.496 e. The number of nitrogens with one attached hydrogen (secondary N) is 2. The van der Waals surface area contributed by atoms with Crippen LogP contribution in [0.5, 0.6) is 5.75 Å². The van der Waals surface area contributed by atoms with Crippen molar-refractivity contribution < 1.29 is 14.3 Å². The van der Waals surface area contributed by atoms with Gasteiger partial charge in [0.25, 0.3) is 0 Å². The van der Waals surface area contributed by atoms with Crippen LogP contribution in [-0.2, 0) is 16.1 Å². The van der Waals surface area contributed by atoms with Gasteiger partial charge in [-0.15, -0.1) is 0 Å². The van der Waals surface area contributed by atoms with Gasteiger partial charge in [-0.3, -0.25) is 9.79 Å². The van der Waals surface area contributed by atoms with E-state index in [1.165, 1.54) is 0 Å². The number of aliphatic imine (C=N–C) groups is 1. The average molecular weight is 321 g/mol. The minimum Gasteiger partial charge on any atom is -0.496 e. The zero-order chi connectivity index (χ0) is 17.1. The minimum absolute atomic E-state index is 0.165. The summed E-state index contributed by atoms with van der Waals surface area (Å²) in [4.78, 5) is 15.4. The summed E-state index contributed by atoms with van der Waals surface area (Å²) < 4.78 is 10.3. The van der Waals surface area contributed by atoms with E-state index in [0.29, 0.717) is 38.5 Å². The first-order valence-electron chi connectivity index (χ1n) is 7.84. The van der Waals surface area contributed by atoms with E-state index in [-0.39, 0.29) is 5.97 Å². The van der Waals surface area contributed by atoms with Gasteiger partial charge in [0.05, 0.1) is 13.7 Å². The van der Waals surface area contributed by atoms with Crippen LogP contribution in [0.1, 0.15) is 30.9 Å². The van der Waals surface area contributed by atoms with Crippen molar-refractivity contribution in [3.8, 4) is 5.75 Å². The molecule has 0 bridgehead atoms. The number of rotatable bonds is 8. The Kier molecular flexibility index (Phi) is 8.57. The third-order valence-electron chi connectivity index (χ3n) is 3.27. The van der Waals surface area contributed by atoms with Crippen molar-refractivity contribution in [3.05, 3.63) is 29.3 Å². The standard InChI is InChI=1S/C17H27N3O3/c1-5-23-16(21)7-6-10-19-17(18-3)20-12-14-9-8-13(2)11-15(14)22-4/h8-9,11H,5-7,10,12H2,1-4H3,(H2,18,19,20). The molecule has 0 heterocycles. The summed E-state index contributed by atoms with van der Waals surface area (Å²) in [6.07, 6.45) is 1.11. The highest BCUT2D eigenvalue weighted by Crippen LogP contribution is 2.19. The molecule has 128 valence electrons. The number of ether oxygens (including phenoxy) is 2. The molecular weight excluding hydrogens is 294 g/mol. The van der Waals surface area contributed by atoms with Gasteiger partial charge in [-0.2, -0.15) is 0 Å². The van der Waals surface area contributed by atoms with Crippen molar-refractivity contribution in [2.75, 3.05) is 27.3 Å². The van der Waals surface area contributed by atoms with Crippen molar-refractivity contribution in [1.29, 1.82) is 0 Å². The molecule has 0 aliphatic carbocycles. The van der Waals surface area contributed by atoms with E-state index in [0.717, 1.165) is 16.9 Å². The molecule has 1 rings (SSSR count). The van der Waals surface area contributed by atoms with E-state index in [2.05, 4.69) is 21.7 Å². The molecule has 2 N–H and O–H groups in total. The second-order valence-electron chi connectivity index (χ2n) is 5.08. The Morgan fingerprint density at radius 3 is 2.74 bits per heavy atom. The first-order chi connectivity index (χ1) is 11.1. The van der Waals surface area contributed by atoms with E-state index in [9.17, 15) is 4.79 Å². The van der Waals surface area contributed by atoms with E-state index < -0.39 is 0 Å². The highest BCUT2D eigenvalue weighted by atomic mass is 16.5. The van der Waals surface area contributed by atoms with Crippen LogP contribution in [0.2, 0.25) is 0 Å². The zero-order valence-corrected chi connectivity index (χ0v) is 14.4. The number of aryl methyl sites for hydroxylation is 1. The summed E-state index contributed by atoms with van der Waals surface area (Å²) in [7, 11) is 3.38. The third-order valence-corrected chi connectivity index (χ3v) is 3.27. The molecule has 0 spiro atoms. The van der Waals surface area contributed by atoms with Crippen LogP contribution in [-0.4, -0.2) is 39.2 Å². The van der Waals surface area contributed by atoms with Gasteiger partial charge in [-0.05, 0) is 31.9 Å². The molecule has 0 unspecified atom stereocenters. The van der Waals surface area contributed by atoms with Crippen molar-refractivity contribution >= 4 is 11.9 Å². The Morgan fingerprint density at radius 1 is 1.30 bits per heavy atom. The Bertz CT molecular complexity index is 530. The number of hydrogen-bond acceptors (Lipinski definition) is 4. The quantitative estimate of drug-likeness (QED) is 0.332. The summed E-state index contributed by atoms with van der Waals surface area (Å²) in [5.74, 6) is 1.38. The zero-order valence-electron chi connectivity index (χ0n) is 14.4. The maximum atomic E-state index is 11.3. The molecule has 0 amide bonds. The second-order valence-corrected chi connectivity index (χ2v) is 5.08. The number of nitrogens with zero attached hydrogens (tertiary/aromatic N) is 1. The van der Waals surface area contributed by atoms with Gasteiger partial charge in [0.1, 0.15) is 5.75 Å². The lowest BCUT2D eigenvalue weighted by Gasteiger charge is -2.14. The lowest BCUT2D eigenvalue weighted by Crippen LogP contribution is -2.37. The fourth-order valence-corrected chi connectivity index (χ4v) is 2.07. The molecule has 23 heavy (non-hydrogen) atoms. The predicted octanol–water partition coefficient (Wildman–Crippen LogP) is 2.01. The molecule has 0 saturated heterocycles. The summed E-state index contributed by atoms with van der Waals surface area (Å²) in [5, 5.41) is 6.41. The Morgan fingerprint density at radius 2 is 2.09 bits per heavy atom. The number of benzene rings is 1. The fraction of sp³-hybridized carbons (Fsp3) is 0.529. The molecule has 0 radical (unpaired) electrons. The van der Waals surface area contributed by atoms with Crippen LogP contribution in [0.4, 0.5) is 0 Å². The normalized spacial score (nSPS) is 11.0. The van der Waals surface area contributed by atoms with E-state index in [1.807, 2.05) is 19.1 Å². The van der Waals surface area contributed by atoms with E-state index in [4.69, 9.17) is 9.47 Å². The van der Waals surface area contributed by atoms with Gasteiger partial charge in [0.15, 0.2) is 5.96 Å². The highest BCUT2D eigenvalue weighted by Gasteiger charge is 2.05. The molecule has 0 atom stereocenters. The van der Waals surface area contributed by atoms with Crippen molar-refractivity contribution in [2.45, 2.75) is 33.2 Å². The van der Waals surface area contributed by atoms with Crippen molar-refractivity contribution in [2.24, 2.45) is 4.99 Å². The van der Waals surface area contributed by atoms with Crippen LogP contribution in [0.25, 0.3) is 0 Å². The van der Waals surface area contributed by atoms with Gasteiger partial charge in [-0.1, -0.05) is 12.1 Å². The van der Waals surface area contributed by atoms with Crippen molar-refractivity contribution in [1.82, 2.24) is 10.6 Å². The molecule has 1 aromatic rings. The molecule has 0 aromatic heterocycles. The first kappa shape index (κ1) is 18.8. The number of guanidine groups is 1. The summed E-state index contributed by atoms with van der Waals surface area (Å²) in [6, 6.07) is 6.09. The highest BCUT2D eigenvalue weighted by molar-refractivity contribution is 5.79. The van der Waals surface area contributed by atoms with Crippen LogP contribution >= 0.6 is 0 Å². The minimum atomic E-state index is -0.165. The summed E-state index contributed by atoms with van der Waals surface area (Å²) >= 11 is 0. The van der Waals surface area contributed by atoms with Gasteiger partial charge in [0, 0.05) is 32.1 Å². The smallest absolute Gasteiger partial charge is 0.305 e. The topological polar surface area (TPSA) is 72.0 Å². The monoisotopic (exact) mass is 321 g/mol. The maximum Gasteiger partial charge on any atom is 0.305 e. The molecular formula is C17H27N3O3. The summed E-state index contributed by atoms with van der Waals surface area (Å²) in [5.41, 5.74) is 2.22. The number of hydrogen-bond donors (Lipinski definition) is 2. The lowest BCUT2D eigenvalue weighted by atomic mass is 10.1. The molecule has 0 aliphatic heterocycles. The van der Waals surface area contributed by atoms with Crippen LogP contribution in [0.15, 0.2) is 23.2 Å². The van der Waals surface area contributed by atoms with Gasteiger partial charge < -0.3 is 20.1 Å². The fourth-order valence-electron chi connectivity index (χ4n) is 2.07.